The van der Waals surface area contributed by atoms with Crippen molar-refractivity contribution in [3.8, 4) is 0 Å². The van der Waals surface area contributed by atoms with Gasteiger partial charge in [0.1, 0.15) is 6.04 Å². The summed E-state index contributed by atoms with van der Waals surface area (Å²) in [5.41, 5.74) is 2.43. The zero-order valence-electron chi connectivity index (χ0n) is 12.7. The molecule has 0 radical (unpaired) electrons. The average molecular weight is 299 g/mol. The van der Waals surface area contributed by atoms with Crippen molar-refractivity contribution in [1.82, 2.24) is 4.90 Å². The van der Waals surface area contributed by atoms with Gasteiger partial charge in [-0.3, -0.25) is 4.79 Å². The van der Waals surface area contributed by atoms with Crippen LogP contribution in [-0.4, -0.2) is 40.2 Å². The van der Waals surface area contributed by atoms with E-state index in [2.05, 4.69) is 32.6 Å². The van der Waals surface area contributed by atoms with E-state index in [9.17, 15) is 9.59 Å². The van der Waals surface area contributed by atoms with Crippen LogP contribution < -0.4 is 0 Å². The van der Waals surface area contributed by atoms with Gasteiger partial charge in [-0.05, 0) is 33.6 Å². The summed E-state index contributed by atoms with van der Waals surface area (Å²) in [6.07, 6.45) is 5.95. The van der Waals surface area contributed by atoms with Crippen LogP contribution in [0.5, 0.6) is 0 Å². The molecule has 0 bridgehead atoms. The number of thiol groups is 1. The molecule has 0 aliphatic carbocycles. The van der Waals surface area contributed by atoms with Crippen molar-refractivity contribution in [2.45, 2.75) is 46.6 Å². The highest BCUT2D eigenvalue weighted by molar-refractivity contribution is 7.80. The second kappa shape index (κ2) is 9.64. The number of amides is 1. The smallest absolute Gasteiger partial charge is 0.327 e. The van der Waals surface area contributed by atoms with Gasteiger partial charge in [-0.1, -0.05) is 23.3 Å². The van der Waals surface area contributed by atoms with Crippen molar-refractivity contribution >= 4 is 24.5 Å². The summed E-state index contributed by atoms with van der Waals surface area (Å²) >= 11 is 4.01. The third-order valence-electron chi connectivity index (χ3n) is 2.97. The highest BCUT2D eigenvalue weighted by atomic mass is 32.1. The maximum Gasteiger partial charge on any atom is 0.327 e. The lowest BCUT2D eigenvalue weighted by Crippen LogP contribution is -2.45. The molecule has 114 valence electrons. The number of hydrogen-bond acceptors (Lipinski definition) is 3. The Labute approximate surface area is 127 Å². The Balaban J connectivity index is 4.64. The number of carbonyl (C=O) groups excluding carboxylic acids is 1. The van der Waals surface area contributed by atoms with Crippen molar-refractivity contribution in [2.75, 3.05) is 12.3 Å². The van der Waals surface area contributed by atoms with Gasteiger partial charge in [0.15, 0.2) is 0 Å². The largest absolute Gasteiger partial charge is 0.480 e. The minimum atomic E-state index is -1.02. The van der Waals surface area contributed by atoms with Crippen molar-refractivity contribution in [1.29, 1.82) is 0 Å². The summed E-state index contributed by atoms with van der Waals surface area (Å²) in [5, 5.41) is 9.09. The average Bonchev–Trinajstić information content (AvgIpc) is 2.32. The lowest BCUT2D eigenvalue weighted by atomic mass is 10.1. The molecule has 0 aromatic carbocycles. The van der Waals surface area contributed by atoms with Crippen molar-refractivity contribution in [2.24, 2.45) is 0 Å². The van der Waals surface area contributed by atoms with E-state index < -0.39 is 12.0 Å². The molecule has 0 aromatic rings. The molecule has 0 heterocycles. The Morgan fingerprint density at radius 3 is 2.20 bits per heavy atom. The van der Waals surface area contributed by atoms with Gasteiger partial charge in [0.25, 0.3) is 0 Å². The van der Waals surface area contributed by atoms with E-state index in [0.29, 0.717) is 6.54 Å². The van der Waals surface area contributed by atoms with E-state index in [1.807, 2.05) is 13.0 Å². The van der Waals surface area contributed by atoms with E-state index in [-0.39, 0.29) is 11.7 Å². The zero-order chi connectivity index (χ0) is 15.7. The molecule has 1 amide bonds. The number of nitrogens with zero attached hydrogens (tertiary/aromatic N) is 1. The van der Waals surface area contributed by atoms with Gasteiger partial charge >= 0.3 is 5.97 Å². The molecule has 0 unspecified atom stereocenters. The quantitative estimate of drug-likeness (QED) is 0.535. The molecule has 0 rings (SSSR count). The van der Waals surface area contributed by atoms with Crippen LogP contribution in [0.25, 0.3) is 0 Å². The van der Waals surface area contributed by atoms with Crippen molar-refractivity contribution in [3.63, 3.8) is 0 Å². The Bertz CT molecular complexity index is 398. The normalized spacial score (nSPS) is 12.8. The van der Waals surface area contributed by atoms with Gasteiger partial charge in [0.05, 0.1) is 0 Å². The van der Waals surface area contributed by atoms with Gasteiger partial charge in [-0.15, -0.1) is 0 Å². The molecule has 0 fully saturated rings. The highest BCUT2D eigenvalue weighted by Crippen LogP contribution is 2.09. The van der Waals surface area contributed by atoms with Crippen LogP contribution in [0.1, 0.15) is 40.5 Å². The van der Waals surface area contributed by atoms with E-state index in [4.69, 9.17) is 5.11 Å². The van der Waals surface area contributed by atoms with Crippen LogP contribution in [0.4, 0.5) is 0 Å². The van der Waals surface area contributed by atoms with Crippen LogP contribution in [0.15, 0.2) is 23.3 Å². The molecule has 0 aliphatic heterocycles. The highest BCUT2D eigenvalue weighted by Gasteiger charge is 2.25. The third kappa shape index (κ3) is 7.38. The maximum atomic E-state index is 11.6. The molecule has 0 saturated carbocycles. The maximum absolute atomic E-state index is 11.6. The summed E-state index contributed by atoms with van der Waals surface area (Å²) in [6.45, 7) is 7.80. The number of hydrogen-bond donors (Lipinski definition) is 2. The molecular formula is C15H25NO3S. The summed E-state index contributed by atoms with van der Waals surface area (Å²) in [5.74, 6) is -1.16. The molecule has 1 N–H and O–H groups in total. The fourth-order valence-corrected chi connectivity index (χ4v) is 2.08. The Hall–Kier alpha value is -1.23. The predicted molar refractivity (Wildman–Crippen MR) is 85.1 cm³/mol. The van der Waals surface area contributed by atoms with Crippen LogP contribution in [-0.2, 0) is 9.59 Å². The first-order chi connectivity index (χ1) is 9.29. The van der Waals surface area contributed by atoms with Crippen LogP contribution in [0, 0.1) is 0 Å². The standard InChI is InChI=1S/C15H25NO3S/c1-11(2)6-5-7-12(3)8-9-16(13(4)17)14(10-20)15(18)19/h6,8,14,20H,5,7,9-10H2,1-4H3,(H,18,19)/t14-/m0/s1. The van der Waals surface area contributed by atoms with E-state index in [1.165, 1.54) is 17.4 Å². The predicted octanol–water partition coefficient (Wildman–Crippen LogP) is 2.91. The van der Waals surface area contributed by atoms with E-state index in [1.54, 1.807) is 0 Å². The summed E-state index contributed by atoms with van der Waals surface area (Å²) < 4.78 is 0. The molecule has 0 aromatic heterocycles. The number of carboxylic acid groups (broad SMARTS) is 1. The minimum Gasteiger partial charge on any atom is -0.480 e. The fourth-order valence-electron chi connectivity index (χ4n) is 1.73. The molecule has 1 atom stereocenters. The zero-order valence-corrected chi connectivity index (χ0v) is 13.6. The lowest BCUT2D eigenvalue weighted by molar-refractivity contribution is -0.147. The van der Waals surface area contributed by atoms with Gasteiger partial charge in [0.2, 0.25) is 5.91 Å². The van der Waals surface area contributed by atoms with Gasteiger partial charge in [0, 0.05) is 19.2 Å². The second-order valence-electron chi connectivity index (χ2n) is 5.08. The Kier molecular flexibility index (Phi) is 9.05. The first kappa shape index (κ1) is 18.8. The second-order valence-corrected chi connectivity index (χ2v) is 5.44. The number of carbonyl (C=O) groups is 2. The molecular weight excluding hydrogens is 274 g/mol. The molecule has 4 nitrogen and oxygen atoms in total. The van der Waals surface area contributed by atoms with E-state index in [0.717, 1.165) is 18.4 Å². The molecule has 0 spiro atoms. The van der Waals surface area contributed by atoms with Crippen molar-refractivity contribution < 1.29 is 14.7 Å². The fraction of sp³-hybridized carbons (Fsp3) is 0.600. The number of carboxylic acids is 1. The first-order valence-electron chi connectivity index (χ1n) is 6.69. The summed E-state index contributed by atoms with van der Waals surface area (Å²) in [7, 11) is 0. The monoisotopic (exact) mass is 299 g/mol. The number of allylic oxidation sites excluding steroid dienone is 3. The SMILES string of the molecule is CC(=O)N(CC=C(C)CCC=C(C)C)[C@@H](CS)C(=O)O. The number of rotatable bonds is 8. The third-order valence-corrected chi connectivity index (χ3v) is 3.31. The van der Waals surface area contributed by atoms with Gasteiger partial charge in [-0.25, -0.2) is 4.79 Å². The first-order valence-corrected chi connectivity index (χ1v) is 7.32. The number of aliphatic carboxylic acids is 1. The Morgan fingerprint density at radius 1 is 1.20 bits per heavy atom. The van der Waals surface area contributed by atoms with Crippen LogP contribution >= 0.6 is 12.6 Å². The topological polar surface area (TPSA) is 57.6 Å². The van der Waals surface area contributed by atoms with Gasteiger partial charge < -0.3 is 10.0 Å². The molecule has 20 heavy (non-hydrogen) atoms. The lowest BCUT2D eigenvalue weighted by Gasteiger charge is -2.25. The van der Waals surface area contributed by atoms with Gasteiger partial charge in [-0.2, -0.15) is 12.6 Å². The Morgan fingerprint density at radius 2 is 1.80 bits per heavy atom. The van der Waals surface area contributed by atoms with Crippen molar-refractivity contribution in [3.05, 3.63) is 23.3 Å². The summed E-state index contributed by atoms with van der Waals surface area (Å²) in [4.78, 5) is 24.0. The minimum absolute atomic E-state index is 0.111. The summed E-state index contributed by atoms with van der Waals surface area (Å²) in [6, 6.07) is -0.877. The van der Waals surface area contributed by atoms with Crippen LogP contribution in [0.3, 0.4) is 0 Å². The molecule has 5 heteroatoms. The van der Waals surface area contributed by atoms with Crippen LogP contribution in [0.2, 0.25) is 0 Å². The molecule has 0 aliphatic rings. The molecule has 0 saturated heterocycles. The van der Waals surface area contributed by atoms with E-state index >= 15 is 0 Å².